The van der Waals surface area contributed by atoms with Crippen LogP contribution in [0, 0.1) is 0 Å². The van der Waals surface area contributed by atoms with E-state index in [0.717, 1.165) is 21.2 Å². The summed E-state index contributed by atoms with van der Waals surface area (Å²) in [4.78, 5) is 33.7. The summed E-state index contributed by atoms with van der Waals surface area (Å²) in [6, 6.07) is 7.20. The van der Waals surface area contributed by atoms with Gasteiger partial charge in [-0.15, -0.1) is 11.3 Å². The number of nitrogens with zero attached hydrogens (tertiary/aromatic N) is 3. The van der Waals surface area contributed by atoms with Crippen molar-refractivity contribution in [1.29, 1.82) is 0 Å². The summed E-state index contributed by atoms with van der Waals surface area (Å²) < 4.78 is 10.3. The second-order valence-corrected chi connectivity index (χ2v) is 7.43. The van der Waals surface area contributed by atoms with E-state index in [4.69, 9.17) is 9.47 Å². The maximum Gasteiger partial charge on any atom is 0.245 e. The lowest BCUT2D eigenvalue weighted by atomic mass is 10.1. The first-order valence-corrected chi connectivity index (χ1v) is 9.51. The molecule has 27 heavy (non-hydrogen) atoms. The van der Waals surface area contributed by atoms with Gasteiger partial charge in [0, 0.05) is 30.3 Å². The molecule has 1 aromatic carbocycles. The van der Waals surface area contributed by atoms with Crippen molar-refractivity contribution in [3.05, 3.63) is 35.3 Å². The standard InChI is InChI=1S/C19H23N3O4S/c1-13-19(24)21(7-8-25-2)12-17(23)22(13)11-16-10-20-18(27-16)14-5-4-6-15(9-14)26-3/h4-6,9-10,13H,7-8,11-12H2,1-3H3/t13-/m0/s1. The Balaban J connectivity index is 1.71. The fraction of sp³-hybridized carbons (Fsp3) is 0.421. The van der Waals surface area contributed by atoms with Gasteiger partial charge in [-0.2, -0.15) is 0 Å². The van der Waals surface area contributed by atoms with Gasteiger partial charge in [0.1, 0.15) is 16.8 Å². The Bertz CT molecular complexity index is 823. The van der Waals surface area contributed by atoms with E-state index in [0.29, 0.717) is 19.7 Å². The largest absolute Gasteiger partial charge is 0.497 e. The molecule has 0 N–H and O–H groups in total. The molecule has 0 spiro atoms. The predicted molar refractivity (Wildman–Crippen MR) is 103 cm³/mol. The highest BCUT2D eigenvalue weighted by Crippen LogP contribution is 2.29. The van der Waals surface area contributed by atoms with E-state index in [1.807, 2.05) is 24.3 Å². The number of ether oxygens (including phenoxy) is 2. The summed E-state index contributed by atoms with van der Waals surface area (Å²) in [5.74, 6) is 0.657. The number of piperazine rings is 1. The first-order chi connectivity index (χ1) is 13.0. The molecule has 0 bridgehead atoms. The summed E-state index contributed by atoms with van der Waals surface area (Å²) in [5, 5.41) is 0.856. The van der Waals surface area contributed by atoms with Gasteiger partial charge in [0.25, 0.3) is 0 Å². The second kappa shape index (κ2) is 8.49. The average Bonchev–Trinajstić information content (AvgIpc) is 3.16. The van der Waals surface area contributed by atoms with Crippen LogP contribution in [0.4, 0.5) is 0 Å². The molecule has 1 aromatic heterocycles. The van der Waals surface area contributed by atoms with Crippen LogP contribution in [-0.4, -0.2) is 66.6 Å². The number of carbonyl (C=O) groups excluding carboxylic acids is 2. The fourth-order valence-corrected chi connectivity index (χ4v) is 3.91. The Kier molecular flexibility index (Phi) is 6.08. The summed E-state index contributed by atoms with van der Waals surface area (Å²) in [6.45, 7) is 3.09. The first-order valence-electron chi connectivity index (χ1n) is 8.69. The maximum absolute atomic E-state index is 12.5. The van der Waals surface area contributed by atoms with Gasteiger partial charge >= 0.3 is 0 Å². The number of hydrogen-bond donors (Lipinski definition) is 0. The Hall–Kier alpha value is -2.45. The molecule has 144 valence electrons. The van der Waals surface area contributed by atoms with Crippen molar-refractivity contribution in [3.8, 4) is 16.3 Å². The van der Waals surface area contributed by atoms with Crippen molar-refractivity contribution in [1.82, 2.24) is 14.8 Å². The molecule has 0 saturated carbocycles. The van der Waals surface area contributed by atoms with Crippen LogP contribution in [0.15, 0.2) is 30.5 Å². The van der Waals surface area contributed by atoms with Crippen LogP contribution in [0.1, 0.15) is 11.8 Å². The van der Waals surface area contributed by atoms with Gasteiger partial charge in [-0.05, 0) is 19.1 Å². The average molecular weight is 389 g/mol. The number of aromatic nitrogens is 1. The Labute approximate surface area is 162 Å². The molecule has 0 unspecified atom stereocenters. The maximum atomic E-state index is 12.5. The van der Waals surface area contributed by atoms with Crippen LogP contribution in [0.25, 0.3) is 10.6 Å². The molecule has 0 radical (unpaired) electrons. The smallest absolute Gasteiger partial charge is 0.245 e. The van der Waals surface area contributed by atoms with Gasteiger partial charge in [0.2, 0.25) is 11.8 Å². The molecule has 8 heteroatoms. The van der Waals surface area contributed by atoms with E-state index in [1.54, 1.807) is 37.1 Å². The minimum absolute atomic E-state index is 0.0517. The molecule has 2 heterocycles. The lowest BCUT2D eigenvalue weighted by Gasteiger charge is -2.38. The zero-order valence-corrected chi connectivity index (χ0v) is 16.5. The number of methoxy groups -OCH3 is 2. The zero-order chi connectivity index (χ0) is 19.4. The molecule has 1 aliphatic heterocycles. The molecule has 1 fully saturated rings. The van der Waals surface area contributed by atoms with Gasteiger partial charge < -0.3 is 19.3 Å². The van der Waals surface area contributed by atoms with E-state index in [1.165, 1.54) is 11.3 Å². The van der Waals surface area contributed by atoms with E-state index >= 15 is 0 Å². The lowest BCUT2D eigenvalue weighted by Crippen LogP contribution is -2.58. The highest BCUT2D eigenvalue weighted by Gasteiger charge is 2.36. The first kappa shape index (κ1) is 19.3. The molecule has 3 rings (SSSR count). The third-order valence-electron chi connectivity index (χ3n) is 4.54. The lowest BCUT2D eigenvalue weighted by molar-refractivity contribution is -0.156. The second-order valence-electron chi connectivity index (χ2n) is 6.31. The Morgan fingerprint density at radius 1 is 1.30 bits per heavy atom. The van der Waals surface area contributed by atoms with Crippen molar-refractivity contribution >= 4 is 23.2 Å². The molecule has 7 nitrogen and oxygen atoms in total. The normalized spacial score (nSPS) is 17.5. The van der Waals surface area contributed by atoms with Crippen molar-refractivity contribution < 1.29 is 19.1 Å². The number of rotatable bonds is 7. The number of benzene rings is 1. The van der Waals surface area contributed by atoms with Crippen LogP contribution < -0.4 is 4.74 Å². The summed E-state index contributed by atoms with van der Waals surface area (Å²) in [6.07, 6.45) is 1.77. The van der Waals surface area contributed by atoms with Crippen molar-refractivity contribution in [2.75, 3.05) is 33.9 Å². The minimum atomic E-state index is -0.495. The molecule has 1 aliphatic rings. The Morgan fingerprint density at radius 3 is 2.85 bits per heavy atom. The summed E-state index contributed by atoms with van der Waals surface area (Å²) in [7, 11) is 3.21. The number of carbonyl (C=O) groups is 2. The van der Waals surface area contributed by atoms with Crippen molar-refractivity contribution in [3.63, 3.8) is 0 Å². The summed E-state index contributed by atoms with van der Waals surface area (Å²) in [5.41, 5.74) is 0.963. The Morgan fingerprint density at radius 2 is 2.11 bits per heavy atom. The summed E-state index contributed by atoms with van der Waals surface area (Å²) >= 11 is 1.51. The number of thiazole rings is 1. The van der Waals surface area contributed by atoms with E-state index < -0.39 is 6.04 Å². The van der Waals surface area contributed by atoms with Gasteiger partial charge in [-0.1, -0.05) is 12.1 Å². The van der Waals surface area contributed by atoms with Crippen LogP contribution in [-0.2, 0) is 20.9 Å². The van der Waals surface area contributed by atoms with Crippen molar-refractivity contribution in [2.24, 2.45) is 0 Å². The van der Waals surface area contributed by atoms with Crippen LogP contribution >= 0.6 is 11.3 Å². The van der Waals surface area contributed by atoms with Crippen molar-refractivity contribution in [2.45, 2.75) is 19.5 Å². The van der Waals surface area contributed by atoms with E-state index in [-0.39, 0.29) is 18.4 Å². The van der Waals surface area contributed by atoms with E-state index in [9.17, 15) is 9.59 Å². The predicted octanol–water partition coefficient (Wildman–Crippen LogP) is 2.02. The highest BCUT2D eigenvalue weighted by molar-refractivity contribution is 7.15. The van der Waals surface area contributed by atoms with Crippen LogP contribution in [0.2, 0.25) is 0 Å². The zero-order valence-electron chi connectivity index (χ0n) is 15.7. The minimum Gasteiger partial charge on any atom is -0.497 e. The number of amides is 2. The molecular weight excluding hydrogens is 366 g/mol. The topological polar surface area (TPSA) is 72.0 Å². The number of hydrogen-bond acceptors (Lipinski definition) is 6. The molecule has 2 aromatic rings. The SMILES string of the molecule is COCCN1CC(=O)N(Cc2cnc(-c3cccc(OC)c3)s2)[C@@H](C)C1=O. The van der Waals surface area contributed by atoms with Crippen LogP contribution in [0.5, 0.6) is 5.75 Å². The monoisotopic (exact) mass is 389 g/mol. The quantitative estimate of drug-likeness (QED) is 0.725. The van der Waals surface area contributed by atoms with Gasteiger partial charge in [-0.25, -0.2) is 4.98 Å². The molecule has 1 saturated heterocycles. The highest BCUT2D eigenvalue weighted by atomic mass is 32.1. The molecular formula is C19H23N3O4S. The molecule has 0 aliphatic carbocycles. The fourth-order valence-electron chi connectivity index (χ4n) is 3.00. The van der Waals surface area contributed by atoms with Gasteiger partial charge in [0.15, 0.2) is 0 Å². The van der Waals surface area contributed by atoms with Gasteiger partial charge in [-0.3, -0.25) is 9.59 Å². The van der Waals surface area contributed by atoms with Crippen LogP contribution in [0.3, 0.4) is 0 Å². The van der Waals surface area contributed by atoms with E-state index in [2.05, 4.69) is 4.98 Å². The third-order valence-corrected chi connectivity index (χ3v) is 5.58. The molecule has 1 atom stereocenters. The van der Waals surface area contributed by atoms with Gasteiger partial charge in [0.05, 0.1) is 26.8 Å². The molecule has 2 amide bonds. The third kappa shape index (κ3) is 4.28.